The van der Waals surface area contributed by atoms with E-state index in [0.717, 1.165) is 12.8 Å². The first-order chi connectivity index (χ1) is 12.7. The van der Waals surface area contributed by atoms with Crippen LogP contribution in [0.2, 0.25) is 0 Å². The van der Waals surface area contributed by atoms with E-state index in [-0.39, 0.29) is 30.9 Å². The Bertz CT molecular complexity index is 816. The molecule has 0 saturated carbocycles. The normalized spacial score (nSPS) is 17.4. The van der Waals surface area contributed by atoms with Crippen LogP contribution in [0.3, 0.4) is 0 Å². The molecule has 3 rings (SSSR count). The molecule has 1 aliphatic heterocycles. The van der Waals surface area contributed by atoms with Crippen LogP contribution < -0.4 is 4.74 Å². The molecular formula is C19H25FN4O3. The lowest BCUT2D eigenvalue weighted by molar-refractivity contribution is -0.129. The lowest BCUT2D eigenvalue weighted by Crippen LogP contribution is -2.33. The Hall–Kier alpha value is -2.48. The first-order valence-electron chi connectivity index (χ1n) is 9.04. The molecule has 1 aromatic carbocycles. The van der Waals surface area contributed by atoms with Crippen molar-refractivity contribution < 1.29 is 19.0 Å². The summed E-state index contributed by atoms with van der Waals surface area (Å²) < 4.78 is 20.5. The van der Waals surface area contributed by atoms with Gasteiger partial charge in [-0.1, -0.05) is 6.07 Å². The zero-order valence-corrected chi connectivity index (χ0v) is 15.9. The smallest absolute Gasteiger partial charge is 0.220 e. The van der Waals surface area contributed by atoms with Gasteiger partial charge in [0.1, 0.15) is 24.0 Å². The number of hydrogen-bond donors (Lipinski definition) is 1. The summed E-state index contributed by atoms with van der Waals surface area (Å²) in [5.74, 6) is 1.07. The second-order valence-electron chi connectivity index (χ2n) is 7.47. The highest BCUT2D eigenvalue weighted by Crippen LogP contribution is 2.31. The summed E-state index contributed by atoms with van der Waals surface area (Å²) >= 11 is 0. The van der Waals surface area contributed by atoms with E-state index in [1.807, 2.05) is 0 Å². The summed E-state index contributed by atoms with van der Waals surface area (Å²) in [4.78, 5) is 18.3. The Morgan fingerprint density at radius 2 is 2.22 bits per heavy atom. The number of halogens is 1. The Balaban J connectivity index is 1.84. The topological polar surface area (TPSA) is 80.5 Å². The van der Waals surface area contributed by atoms with E-state index in [4.69, 9.17) is 4.74 Å². The lowest BCUT2D eigenvalue weighted by atomic mass is 10.1. The highest BCUT2D eigenvalue weighted by Gasteiger charge is 2.33. The molecule has 1 fully saturated rings. The molecule has 1 saturated heterocycles. The van der Waals surface area contributed by atoms with Crippen molar-refractivity contribution in [2.24, 2.45) is 0 Å². The molecule has 0 radical (unpaired) electrons. The Morgan fingerprint density at radius 1 is 1.44 bits per heavy atom. The number of hydrogen-bond acceptors (Lipinski definition) is 5. The third kappa shape index (κ3) is 4.82. The van der Waals surface area contributed by atoms with Crippen molar-refractivity contribution in [3.05, 3.63) is 41.7 Å². The van der Waals surface area contributed by atoms with Crippen molar-refractivity contribution in [2.45, 2.75) is 58.4 Å². The molecule has 8 heteroatoms. The molecule has 0 spiro atoms. The van der Waals surface area contributed by atoms with E-state index in [1.54, 1.807) is 42.5 Å². The van der Waals surface area contributed by atoms with E-state index in [1.165, 1.54) is 12.1 Å². The molecular weight excluding hydrogens is 351 g/mol. The molecule has 1 aliphatic rings. The molecule has 2 aromatic rings. The minimum atomic E-state index is -0.983. The van der Waals surface area contributed by atoms with Gasteiger partial charge in [0.05, 0.1) is 18.2 Å². The number of rotatable bonds is 6. The SMILES string of the molecule is CC(=O)N1CCCC1c1nc(COc2cccc(F)c2)nn1CC(C)(C)O. The summed E-state index contributed by atoms with van der Waals surface area (Å²) in [6.07, 6.45) is 1.70. The third-order valence-corrected chi connectivity index (χ3v) is 4.40. The maximum atomic E-state index is 13.3. The van der Waals surface area contributed by atoms with Crippen LogP contribution in [0.25, 0.3) is 0 Å². The number of amides is 1. The summed E-state index contributed by atoms with van der Waals surface area (Å²) in [5.41, 5.74) is -0.983. The van der Waals surface area contributed by atoms with Gasteiger partial charge in [-0.25, -0.2) is 14.1 Å². The van der Waals surface area contributed by atoms with E-state index >= 15 is 0 Å². The van der Waals surface area contributed by atoms with Gasteiger partial charge in [-0.2, -0.15) is 5.10 Å². The molecule has 146 valence electrons. The van der Waals surface area contributed by atoms with Gasteiger partial charge in [-0.05, 0) is 38.8 Å². The number of likely N-dealkylation sites (tertiary alicyclic amines) is 1. The molecule has 27 heavy (non-hydrogen) atoms. The van der Waals surface area contributed by atoms with E-state index in [9.17, 15) is 14.3 Å². The van der Waals surface area contributed by atoms with Gasteiger partial charge in [0, 0.05) is 19.5 Å². The van der Waals surface area contributed by atoms with Gasteiger partial charge >= 0.3 is 0 Å². The van der Waals surface area contributed by atoms with Crippen molar-refractivity contribution in [3.8, 4) is 5.75 Å². The summed E-state index contributed by atoms with van der Waals surface area (Å²) in [5, 5.41) is 14.7. The van der Waals surface area contributed by atoms with Crippen LogP contribution >= 0.6 is 0 Å². The Kier molecular flexibility index (Phi) is 5.46. The molecule has 2 heterocycles. The van der Waals surface area contributed by atoms with Crippen LogP contribution in [0.4, 0.5) is 4.39 Å². The predicted octanol–water partition coefficient (Wildman–Crippen LogP) is 2.45. The average Bonchev–Trinajstić information content (AvgIpc) is 3.18. The van der Waals surface area contributed by atoms with Gasteiger partial charge in [0.15, 0.2) is 5.82 Å². The highest BCUT2D eigenvalue weighted by molar-refractivity contribution is 5.74. The highest BCUT2D eigenvalue weighted by atomic mass is 19.1. The van der Waals surface area contributed by atoms with Crippen molar-refractivity contribution in [1.82, 2.24) is 19.7 Å². The molecule has 1 aromatic heterocycles. The fraction of sp³-hybridized carbons (Fsp3) is 0.526. The molecule has 0 bridgehead atoms. The van der Waals surface area contributed by atoms with Gasteiger partial charge in [0.25, 0.3) is 0 Å². The standard InChI is InChI=1S/C19H25FN4O3/c1-13(25)23-9-5-8-16(23)18-21-17(22-24(18)12-19(2,3)26)11-27-15-7-4-6-14(20)10-15/h4,6-7,10,16,26H,5,8-9,11-12H2,1-3H3. The quantitative estimate of drug-likeness (QED) is 0.838. The molecule has 1 atom stereocenters. The van der Waals surface area contributed by atoms with Crippen molar-refractivity contribution in [1.29, 1.82) is 0 Å². The van der Waals surface area contributed by atoms with Crippen molar-refractivity contribution >= 4 is 5.91 Å². The van der Waals surface area contributed by atoms with Crippen LogP contribution in [-0.2, 0) is 17.9 Å². The minimum Gasteiger partial charge on any atom is -0.485 e. The van der Waals surface area contributed by atoms with Gasteiger partial charge in [-0.3, -0.25) is 4.79 Å². The lowest BCUT2D eigenvalue weighted by Gasteiger charge is -2.24. The summed E-state index contributed by atoms with van der Waals surface area (Å²) in [7, 11) is 0. The molecule has 7 nitrogen and oxygen atoms in total. The molecule has 1 amide bonds. The fourth-order valence-electron chi connectivity index (χ4n) is 3.31. The van der Waals surface area contributed by atoms with E-state index in [0.29, 0.717) is 23.9 Å². The third-order valence-electron chi connectivity index (χ3n) is 4.40. The van der Waals surface area contributed by atoms with Crippen LogP contribution in [0.1, 0.15) is 51.3 Å². The first kappa shape index (κ1) is 19.3. The van der Waals surface area contributed by atoms with Gasteiger partial charge < -0.3 is 14.7 Å². The number of carbonyl (C=O) groups excluding carboxylic acids is 1. The first-order valence-corrected chi connectivity index (χ1v) is 9.04. The predicted molar refractivity (Wildman–Crippen MR) is 96.4 cm³/mol. The molecule has 1 unspecified atom stereocenters. The van der Waals surface area contributed by atoms with Crippen LogP contribution in [0.15, 0.2) is 24.3 Å². The fourth-order valence-corrected chi connectivity index (χ4v) is 3.31. The zero-order chi connectivity index (χ0) is 19.6. The van der Waals surface area contributed by atoms with E-state index in [2.05, 4.69) is 10.1 Å². The number of aliphatic hydroxyl groups is 1. The number of ether oxygens (including phenoxy) is 1. The second kappa shape index (κ2) is 7.64. The van der Waals surface area contributed by atoms with E-state index < -0.39 is 5.60 Å². The van der Waals surface area contributed by atoms with Gasteiger partial charge in [0.2, 0.25) is 5.91 Å². The average molecular weight is 376 g/mol. The van der Waals surface area contributed by atoms with Crippen molar-refractivity contribution in [2.75, 3.05) is 6.54 Å². The molecule has 0 aliphatic carbocycles. The maximum absolute atomic E-state index is 13.3. The Morgan fingerprint density at radius 3 is 2.89 bits per heavy atom. The van der Waals surface area contributed by atoms with Crippen LogP contribution in [-0.4, -0.2) is 42.8 Å². The van der Waals surface area contributed by atoms with Crippen molar-refractivity contribution in [3.63, 3.8) is 0 Å². The largest absolute Gasteiger partial charge is 0.485 e. The number of carbonyl (C=O) groups is 1. The maximum Gasteiger partial charge on any atom is 0.220 e. The number of benzene rings is 1. The van der Waals surface area contributed by atoms with Crippen LogP contribution in [0, 0.1) is 5.82 Å². The molecule has 1 N–H and O–H groups in total. The number of aromatic nitrogens is 3. The second-order valence-corrected chi connectivity index (χ2v) is 7.47. The number of nitrogens with zero attached hydrogens (tertiary/aromatic N) is 4. The van der Waals surface area contributed by atoms with Crippen LogP contribution in [0.5, 0.6) is 5.75 Å². The monoisotopic (exact) mass is 376 g/mol. The summed E-state index contributed by atoms with van der Waals surface area (Å²) in [6, 6.07) is 5.70. The minimum absolute atomic E-state index is 0.00660. The summed E-state index contributed by atoms with van der Waals surface area (Å²) in [6.45, 7) is 5.94. The Labute approximate surface area is 157 Å². The zero-order valence-electron chi connectivity index (χ0n) is 15.9. The van der Waals surface area contributed by atoms with Gasteiger partial charge in [-0.15, -0.1) is 0 Å².